The molecule has 0 unspecified atom stereocenters. The highest BCUT2D eigenvalue weighted by Gasteiger charge is 2.31. The molecule has 1 aromatic rings. The average molecular weight is 284 g/mol. The molecule has 1 heterocycles. The van der Waals surface area contributed by atoms with Crippen LogP contribution in [0.5, 0.6) is 0 Å². The van der Waals surface area contributed by atoms with Gasteiger partial charge in [0.15, 0.2) is 5.82 Å². The van der Waals surface area contributed by atoms with Crippen LogP contribution < -0.4 is 5.43 Å². The predicted molar refractivity (Wildman–Crippen MR) is 59.5 cm³/mol. The van der Waals surface area contributed by atoms with E-state index in [9.17, 15) is 13.2 Å². The lowest BCUT2D eigenvalue weighted by atomic mass is 10.3. The van der Waals surface area contributed by atoms with Crippen LogP contribution in [-0.4, -0.2) is 34.1 Å². The Hall–Kier alpha value is -1.38. The zero-order chi connectivity index (χ0) is 13.8. The Balaban J connectivity index is 2.78. The fraction of sp³-hybridized carbons (Fsp3) is 0.333. The molecule has 0 aliphatic carbocycles. The van der Waals surface area contributed by atoms with Gasteiger partial charge in [-0.2, -0.15) is 18.3 Å². The lowest BCUT2D eigenvalue weighted by Gasteiger charge is -2.08. The number of nitrogens with one attached hydrogen (secondary N) is 1. The number of halogens is 4. The highest BCUT2D eigenvalue weighted by Crippen LogP contribution is 2.32. The Bertz CT molecular complexity index is 440. The summed E-state index contributed by atoms with van der Waals surface area (Å²) < 4.78 is 36.9. The fourth-order valence-electron chi connectivity index (χ4n) is 0.907. The number of aromatic nitrogens is 1. The molecule has 3 N–H and O–H groups in total. The van der Waals surface area contributed by atoms with Crippen LogP contribution in [0.3, 0.4) is 0 Å². The van der Waals surface area contributed by atoms with E-state index in [1.165, 1.54) is 0 Å². The maximum absolute atomic E-state index is 12.3. The Kier molecular flexibility index (Phi) is 4.88. The van der Waals surface area contributed by atoms with Gasteiger partial charge >= 0.3 is 6.18 Å². The second-order valence-corrected chi connectivity index (χ2v) is 3.60. The Labute approximate surface area is 105 Å². The van der Waals surface area contributed by atoms with Gasteiger partial charge in [-0.05, 0) is 6.07 Å². The van der Waals surface area contributed by atoms with Gasteiger partial charge in [0.05, 0.1) is 23.4 Å². The monoisotopic (exact) mass is 283 g/mol. The van der Waals surface area contributed by atoms with E-state index in [1.807, 2.05) is 0 Å². The standard InChI is InChI=1S/C9H9ClF3N3O2/c10-7-1-5(9(11,12)13)2-14-8(7)16-15-3-6(18)4-17/h1-3,6,17-18H,4H2,(H,14,16)/b15-3-/t6-/m0/s1. The largest absolute Gasteiger partial charge is 0.417 e. The molecule has 1 aromatic heterocycles. The van der Waals surface area contributed by atoms with Crippen LogP contribution in [0.4, 0.5) is 19.0 Å². The van der Waals surface area contributed by atoms with Crippen molar-refractivity contribution in [2.24, 2.45) is 5.10 Å². The molecule has 1 rings (SSSR count). The first-order valence-corrected chi connectivity index (χ1v) is 5.03. The van der Waals surface area contributed by atoms with Crippen LogP contribution in [0.25, 0.3) is 0 Å². The van der Waals surface area contributed by atoms with E-state index in [1.54, 1.807) is 0 Å². The number of pyridine rings is 1. The van der Waals surface area contributed by atoms with Gasteiger partial charge in [-0.1, -0.05) is 11.6 Å². The van der Waals surface area contributed by atoms with Crippen LogP contribution in [0.1, 0.15) is 5.56 Å². The third-order valence-corrected chi connectivity index (χ3v) is 2.06. The molecule has 18 heavy (non-hydrogen) atoms. The molecular weight excluding hydrogens is 275 g/mol. The van der Waals surface area contributed by atoms with Crippen LogP contribution in [0.2, 0.25) is 5.02 Å². The molecule has 0 aliphatic heterocycles. The number of aliphatic hydroxyl groups is 2. The van der Waals surface area contributed by atoms with E-state index in [0.29, 0.717) is 12.3 Å². The molecule has 0 saturated heterocycles. The summed E-state index contributed by atoms with van der Waals surface area (Å²) in [6.07, 6.45) is -4.14. The molecule has 0 fully saturated rings. The summed E-state index contributed by atoms with van der Waals surface area (Å²) in [6.45, 7) is -0.528. The molecule has 0 saturated carbocycles. The van der Waals surface area contributed by atoms with Crippen molar-refractivity contribution in [1.82, 2.24) is 4.98 Å². The van der Waals surface area contributed by atoms with Crippen LogP contribution in [0, 0.1) is 0 Å². The molecule has 100 valence electrons. The summed E-state index contributed by atoms with van der Waals surface area (Å²) in [4.78, 5) is 3.45. The molecule has 0 bridgehead atoms. The Morgan fingerprint density at radius 1 is 1.56 bits per heavy atom. The minimum Gasteiger partial charge on any atom is -0.393 e. The van der Waals surface area contributed by atoms with E-state index in [0.717, 1.165) is 6.21 Å². The van der Waals surface area contributed by atoms with Gasteiger partial charge in [0.2, 0.25) is 0 Å². The van der Waals surface area contributed by atoms with Crippen molar-refractivity contribution in [3.8, 4) is 0 Å². The lowest BCUT2D eigenvalue weighted by Crippen LogP contribution is -2.14. The maximum Gasteiger partial charge on any atom is 0.417 e. The highest BCUT2D eigenvalue weighted by atomic mass is 35.5. The number of hydrazone groups is 1. The summed E-state index contributed by atoms with van der Waals surface area (Å²) in [5.74, 6) is -0.0916. The molecular formula is C9H9ClF3N3O2. The number of aliphatic hydroxyl groups excluding tert-OH is 2. The summed E-state index contributed by atoms with van der Waals surface area (Å²) >= 11 is 5.57. The smallest absolute Gasteiger partial charge is 0.393 e. The van der Waals surface area contributed by atoms with E-state index in [-0.39, 0.29) is 10.8 Å². The lowest BCUT2D eigenvalue weighted by molar-refractivity contribution is -0.137. The first-order chi connectivity index (χ1) is 8.34. The van der Waals surface area contributed by atoms with Crippen molar-refractivity contribution in [2.45, 2.75) is 12.3 Å². The molecule has 0 aliphatic rings. The van der Waals surface area contributed by atoms with E-state index in [4.69, 9.17) is 21.8 Å². The third-order valence-electron chi connectivity index (χ3n) is 1.77. The van der Waals surface area contributed by atoms with Crippen LogP contribution in [-0.2, 0) is 6.18 Å². The van der Waals surface area contributed by atoms with Gasteiger partial charge in [-0.15, -0.1) is 0 Å². The van der Waals surface area contributed by atoms with Crippen molar-refractivity contribution in [1.29, 1.82) is 0 Å². The predicted octanol–water partition coefficient (Wildman–Crippen LogP) is 1.50. The van der Waals surface area contributed by atoms with Gasteiger partial charge in [-0.3, -0.25) is 5.43 Å². The van der Waals surface area contributed by atoms with Crippen molar-refractivity contribution >= 4 is 23.6 Å². The quantitative estimate of drug-likeness (QED) is 0.578. The number of nitrogens with zero attached hydrogens (tertiary/aromatic N) is 2. The van der Waals surface area contributed by atoms with E-state index < -0.39 is 24.5 Å². The molecule has 0 aromatic carbocycles. The molecule has 0 amide bonds. The summed E-state index contributed by atoms with van der Waals surface area (Å²) in [5.41, 5.74) is 1.27. The number of hydrogen-bond acceptors (Lipinski definition) is 5. The van der Waals surface area contributed by atoms with E-state index in [2.05, 4.69) is 15.5 Å². The number of rotatable bonds is 4. The van der Waals surface area contributed by atoms with Crippen LogP contribution in [0.15, 0.2) is 17.4 Å². The van der Waals surface area contributed by atoms with Crippen molar-refractivity contribution in [2.75, 3.05) is 12.0 Å². The SMILES string of the molecule is OC[C@@H](O)/C=N\Nc1ncc(C(F)(F)F)cc1Cl. The minimum atomic E-state index is -4.52. The normalized spacial score (nSPS) is 13.9. The van der Waals surface area contributed by atoms with Gasteiger partial charge in [-0.25, -0.2) is 4.98 Å². The second kappa shape index (κ2) is 5.98. The van der Waals surface area contributed by atoms with Gasteiger partial charge in [0.25, 0.3) is 0 Å². The molecule has 0 spiro atoms. The molecule has 5 nitrogen and oxygen atoms in total. The topological polar surface area (TPSA) is 77.7 Å². The molecule has 9 heteroatoms. The fourth-order valence-corrected chi connectivity index (χ4v) is 1.12. The van der Waals surface area contributed by atoms with Crippen molar-refractivity contribution in [3.05, 3.63) is 22.8 Å². The Morgan fingerprint density at radius 2 is 2.22 bits per heavy atom. The first-order valence-electron chi connectivity index (χ1n) is 4.65. The zero-order valence-electron chi connectivity index (χ0n) is 8.82. The number of alkyl halides is 3. The summed E-state index contributed by atoms with van der Waals surface area (Å²) in [5, 5.41) is 20.6. The zero-order valence-corrected chi connectivity index (χ0v) is 9.57. The highest BCUT2D eigenvalue weighted by molar-refractivity contribution is 6.32. The minimum absolute atomic E-state index is 0.0916. The van der Waals surface area contributed by atoms with Gasteiger partial charge < -0.3 is 10.2 Å². The number of hydrogen-bond donors (Lipinski definition) is 3. The summed E-state index contributed by atoms with van der Waals surface area (Å²) in [7, 11) is 0. The Morgan fingerprint density at radius 3 is 2.72 bits per heavy atom. The van der Waals surface area contributed by atoms with Crippen molar-refractivity contribution in [3.63, 3.8) is 0 Å². The van der Waals surface area contributed by atoms with Crippen molar-refractivity contribution < 1.29 is 23.4 Å². The van der Waals surface area contributed by atoms with Gasteiger partial charge in [0.1, 0.15) is 6.10 Å². The third kappa shape index (κ3) is 4.13. The molecule has 1 atom stereocenters. The van der Waals surface area contributed by atoms with Gasteiger partial charge in [0, 0.05) is 6.20 Å². The maximum atomic E-state index is 12.3. The molecule has 0 radical (unpaired) electrons. The average Bonchev–Trinajstić information content (AvgIpc) is 2.29. The second-order valence-electron chi connectivity index (χ2n) is 3.19. The first kappa shape index (κ1) is 14.7. The van der Waals surface area contributed by atoms with E-state index >= 15 is 0 Å². The number of anilines is 1. The van der Waals surface area contributed by atoms with Crippen LogP contribution >= 0.6 is 11.6 Å². The summed E-state index contributed by atoms with van der Waals surface area (Å²) in [6, 6.07) is 0.703.